The summed E-state index contributed by atoms with van der Waals surface area (Å²) < 4.78 is 7.14. The van der Waals surface area contributed by atoms with Gasteiger partial charge in [0.25, 0.3) is 0 Å². The minimum Gasteiger partial charge on any atom is -0.467 e. The second kappa shape index (κ2) is 7.40. The number of fused-ring (bicyclic) bond motifs is 1. The van der Waals surface area contributed by atoms with E-state index in [2.05, 4.69) is 15.6 Å². The molecule has 7 nitrogen and oxygen atoms in total. The summed E-state index contributed by atoms with van der Waals surface area (Å²) in [6.07, 6.45) is 3.05. The molecule has 0 aliphatic rings. The number of imidazole rings is 1. The van der Waals surface area contributed by atoms with E-state index in [0.29, 0.717) is 18.7 Å². The van der Waals surface area contributed by atoms with Crippen LogP contribution in [0.2, 0.25) is 0 Å². The Kier molecular flexibility index (Phi) is 5.04. The maximum Gasteiger partial charge on any atom is 0.315 e. The molecule has 2 amide bonds. The molecular formula is C18H22N4O3. The van der Waals surface area contributed by atoms with E-state index in [1.807, 2.05) is 42.6 Å². The van der Waals surface area contributed by atoms with Crippen molar-refractivity contribution in [2.75, 3.05) is 0 Å². The van der Waals surface area contributed by atoms with Crippen molar-refractivity contribution >= 4 is 11.7 Å². The highest BCUT2D eigenvalue weighted by atomic mass is 16.4. The Hall–Kier alpha value is -2.80. The molecule has 0 aliphatic heterocycles. The van der Waals surface area contributed by atoms with Gasteiger partial charge in [0, 0.05) is 24.4 Å². The summed E-state index contributed by atoms with van der Waals surface area (Å²) in [6, 6.07) is 8.81. The highest BCUT2D eigenvalue weighted by molar-refractivity contribution is 5.74. The van der Waals surface area contributed by atoms with Crippen LogP contribution in [-0.4, -0.2) is 26.6 Å². The SMILES string of the molecule is Cc1cccc2nc(CNC(=O)N[C@H](C)C[C@H](O)c3ccco3)cn12. The second-order valence-electron chi connectivity index (χ2n) is 6.12. The van der Waals surface area contributed by atoms with Gasteiger partial charge in [0.2, 0.25) is 0 Å². The lowest BCUT2D eigenvalue weighted by Crippen LogP contribution is -2.41. The monoisotopic (exact) mass is 342 g/mol. The first kappa shape index (κ1) is 17.0. The molecule has 0 radical (unpaired) electrons. The van der Waals surface area contributed by atoms with Crippen molar-refractivity contribution in [1.82, 2.24) is 20.0 Å². The van der Waals surface area contributed by atoms with Gasteiger partial charge in [-0.05, 0) is 38.1 Å². The fraction of sp³-hybridized carbons (Fsp3) is 0.333. The van der Waals surface area contributed by atoms with Crippen LogP contribution in [0.3, 0.4) is 0 Å². The van der Waals surface area contributed by atoms with Crippen LogP contribution in [-0.2, 0) is 6.54 Å². The largest absolute Gasteiger partial charge is 0.467 e. The number of carbonyl (C=O) groups excluding carboxylic acids is 1. The number of nitrogens with zero attached hydrogens (tertiary/aromatic N) is 2. The van der Waals surface area contributed by atoms with E-state index in [1.54, 1.807) is 12.1 Å². The average Bonchev–Trinajstić information content (AvgIpc) is 3.23. The van der Waals surface area contributed by atoms with Crippen molar-refractivity contribution in [1.29, 1.82) is 0 Å². The molecular weight excluding hydrogens is 320 g/mol. The number of furan rings is 1. The molecule has 3 heterocycles. The Bertz CT molecular complexity index is 841. The van der Waals surface area contributed by atoms with Crippen molar-refractivity contribution in [3.05, 3.63) is 59.9 Å². The van der Waals surface area contributed by atoms with Gasteiger partial charge >= 0.3 is 6.03 Å². The number of carbonyl (C=O) groups is 1. The minimum absolute atomic E-state index is 0.205. The van der Waals surface area contributed by atoms with E-state index in [9.17, 15) is 9.90 Å². The first-order valence-electron chi connectivity index (χ1n) is 8.22. The quantitative estimate of drug-likeness (QED) is 0.642. The van der Waals surface area contributed by atoms with Crippen LogP contribution in [0.1, 0.15) is 36.6 Å². The third-order valence-corrected chi connectivity index (χ3v) is 4.00. The molecule has 0 saturated carbocycles. The minimum atomic E-state index is -0.744. The van der Waals surface area contributed by atoms with Crippen LogP contribution in [0.25, 0.3) is 5.65 Å². The van der Waals surface area contributed by atoms with E-state index in [0.717, 1.165) is 17.0 Å². The third-order valence-electron chi connectivity index (χ3n) is 4.00. The maximum atomic E-state index is 12.0. The third kappa shape index (κ3) is 4.19. The molecule has 0 aromatic carbocycles. The molecule has 7 heteroatoms. The van der Waals surface area contributed by atoms with Gasteiger partial charge in [-0.25, -0.2) is 9.78 Å². The number of urea groups is 1. The molecule has 3 aromatic rings. The molecule has 0 fully saturated rings. The first-order chi connectivity index (χ1) is 12.0. The van der Waals surface area contributed by atoms with Crippen molar-refractivity contribution < 1.29 is 14.3 Å². The highest BCUT2D eigenvalue weighted by Gasteiger charge is 2.16. The Balaban J connectivity index is 1.49. The standard InChI is InChI=1S/C18H22N4O3/c1-12(9-15(23)16-6-4-8-25-16)20-18(24)19-10-14-11-22-13(2)5-3-7-17(22)21-14/h3-8,11-12,15,23H,9-10H2,1-2H3,(H2,19,20,24)/t12-,15+/m1/s1. The molecule has 3 rings (SSSR count). The molecule has 0 saturated heterocycles. The molecule has 0 bridgehead atoms. The van der Waals surface area contributed by atoms with Gasteiger partial charge in [-0.3, -0.25) is 0 Å². The van der Waals surface area contributed by atoms with Crippen LogP contribution in [0.5, 0.6) is 0 Å². The molecule has 2 atom stereocenters. The van der Waals surface area contributed by atoms with E-state index in [-0.39, 0.29) is 12.1 Å². The van der Waals surface area contributed by atoms with Gasteiger partial charge in [0.1, 0.15) is 17.5 Å². The van der Waals surface area contributed by atoms with Crippen LogP contribution in [0, 0.1) is 6.92 Å². The second-order valence-corrected chi connectivity index (χ2v) is 6.12. The van der Waals surface area contributed by atoms with Gasteiger partial charge in [0.05, 0.1) is 18.5 Å². The van der Waals surface area contributed by atoms with Gasteiger partial charge in [-0.1, -0.05) is 6.07 Å². The van der Waals surface area contributed by atoms with Crippen molar-refractivity contribution in [2.24, 2.45) is 0 Å². The van der Waals surface area contributed by atoms with E-state index in [1.165, 1.54) is 6.26 Å². The number of aryl methyl sites for hydroxylation is 1. The Morgan fingerprint density at radius 2 is 2.20 bits per heavy atom. The summed E-state index contributed by atoms with van der Waals surface area (Å²) in [5, 5.41) is 15.6. The number of nitrogens with one attached hydrogen (secondary N) is 2. The molecule has 3 N–H and O–H groups in total. The van der Waals surface area contributed by atoms with Gasteiger partial charge < -0.3 is 24.6 Å². The van der Waals surface area contributed by atoms with Crippen molar-refractivity contribution in [3.63, 3.8) is 0 Å². The lowest BCUT2D eigenvalue weighted by atomic mass is 10.1. The smallest absolute Gasteiger partial charge is 0.315 e. The number of hydrogen-bond acceptors (Lipinski definition) is 4. The van der Waals surface area contributed by atoms with Gasteiger partial charge in [0.15, 0.2) is 0 Å². The lowest BCUT2D eigenvalue weighted by molar-refractivity contribution is 0.129. The van der Waals surface area contributed by atoms with Crippen LogP contribution < -0.4 is 10.6 Å². The number of aromatic nitrogens is 2. The number of aliphatic hydroxyl groups excluding tert-OH is 1. The van der Waals surface area contributed by atoms with E-state index in [4.69, 9.17) is 4.42 Å². The predicted molar refractivity (Wildman–Crippen MR) is 93.0 cm³/mol. The number of hydrogen-bond donors (Lipinski definition) is 3. The van der Waals surface area contributed by atoms with Crippen LogP contribution in [0.15, 0.2) is 47.2 Å². The summed E-state index contributed by atoms with van der Waals surface area (Å²) in [5.41, 5.74) is 2.72. The molecule has 3 aromatic heterocycles. The molecule has 0 aliphatic carbocycles. The molecule has 132 valence electrons. The Morgan fingerprint density at radius 1 is 1.36 bits per heavy atom. The number of aliphatic hydroxyl groups is 1. The molecule has 0 unspecified atom stereocenters. The Morgan fingerprint density at radius 3 is 2.92 bits per heavy atom. The fourth-order valence-electron chi connectivity index (χ4n) is 2.72. The normalized spacial score (nSPS) is 13.6. The zero-order valence-electron chi connectivity index (χ0n) is 14.3. The summed E-state index contributed by atoms with van der Waals surface area (Å²) in [7, 11) is 0. The zero-order chi connectivity index (χ0) is 17.8. The van der Waals surface area contributed by atoms with E-state index < -0.39 is 6.10 Å². The van der Waals surface area contributed by atoms with Gasteiger partial charge in [-0.15, -0.1) is 0 Å². The summed E-state index contributed by atoms with van der Waals surface area (Å²) in [6.45, 7) is 4.17. The molecule has 0 spiro atoms. The number of pyridine rings is 1. The maximum absolute atomic E-state index is 12.0. The first-order valence-corrected chi connectivity index (χ1v) is 8.22. The lowest BCUT2D eigenvalue weighted by Gasteiger charge is -2.16. The number of amides is 2. The summed E-state index contributed by atoms with van der Waals surface area (Å²) in [5.74, 6) is 0.495. The summed E-state index contributed by atoms with van der Waals surface area (Å²) >= 11 is 0. The average molecular weight is 342 g/mol. The topological polar surface area (TPSA) is 91.8 Å². The van der Waals surface area contributed by atoms with Gasteiger partial charge in [-0.2, -0.15) is 0 Å². The van der Waals surface area contributed by atoms with Crippen LogP contribution in [0.4, 0.5) is 4.79 Å². The predicted octanol–water partition coefficient (Wildman–Crippen LogP) is 2.55. The van der Waals surface area contributed by atoms with Crippen LogP contribution >= 0.6 is 0 Å². The highest BCUT2D eigenvalue weighted by Crippen LogP contribution is 2.18. The fourth-order valence-corrected chi connectivity index (χ4v) is 2.72. The van der Waals surface area contributed by atoms with E-state index >= 15 is 0 Å². The Labute approximate surface area is 145 Å². The zero-order valence-corrected chi connectivity index (χ0v) is 14.3. The van der Waals surface area contributed by atoms with Crippen molar-refractivity contribution in [2.45, 2.75) is 39.0 Å². The molecule has 25 heavy (non-hydrogen) atoms. The number of rotatable bonds is 6. The van der Waals surface area contributed by atoms with Crippen molar-refractivity contribution in [3.8, 4) is 0 Å². The summed E-state index contributed by atoms with van der Waals surface area (Å²) in [4.78, 5) is 16.5.